The molecule has 0 saturated carbocycles. The van der Waals surface area contributed by atoms with Crippen LogP contribution < -0.4 is 5.32 Å². The van der Waals surface area contributed by atoms with Crippen molar-refractivity contribution in [2.45, 2.75) is 59.0 Å². The standard InChI is InChI=1S/C31H39NO10/c1-18(2)13-21(14-25(33)34)15-32-17-40-30(38)27(42-31-26(41-31)22-9-5-19(3)6-10-22)24(28(35)36)16-39-29(37)23-11-7-20(4)8-12-23/h5-12,18,21,24,26-27,31-32H,13-17H2,1-4H3,(H,33,34)(H,35,36)/t21?,24-,26?,27-,31?/m1/s1. The van der Waals surface area contributed by atoms with Gasteiger partial charge in [0.25, 0.3) is 0 Å². The van der Waals surface area contributed by atoms with Gasteiger partial charge in [-0.1, -0.05) is 61.4 Å². The SMILES string of the molecule is Cc1ccc(C(=O)OC[C@@H](C(=O)O)[C@@H](OC2OC2c2ccc(C)cc2)C(=O)OCNCC(CC(=O)O)CC(C)C)cc1. The Bertz CT molecular complexity index is 1210. The van der Waals surface area contributed by atoms with E-state index in [2.05, 4.69) is 5.32 Å². The van der Waals surface area contributed by atoms with Crippen LogP contribution in [0, 0.1) is 31.6 Å². The van der Waals surface area contributed by atoms with Gasteiger partial charge in [0.2, 0.25) is 0 Å². The minimum Gasteiger partial charge on any atom is -0.481 e. The number of aliphatic carboxylic acids is 2. The zero-order chi connectivity index (χ0) is 30.8. The minimum absolute atomic E-state index is 0.0439. The highest BCUT2D eigenvalue weighted by Crippen LogP contribution is 2.41. The van der Waals surface area contributed by atoms with Crippen molar-refractivity contribution in [1.29, 1.82) is 0 Å². The maximum absolute atomic E-state index is 13.2. The number of carbonyl (C=O) groups is 4. The summed E-state index contributed by atoms with van der Waals surface area (Å²) in [6.07, 6.45) is -2.44. The molecule has 0 spiro atoms. The highest BCUT2D eigenvalue weighted by Gasteiger charge is 2.48. The van der Waals surface area contributed by atoms with Crippen LogP contribution in [0.1, 0.15) is 59.8 Å². The molecule has 1 heterocycles. The van der Waals surface area contributed by atoms with Crippen molar-refractivity contribution in [3.63, 3.8) is 0 Å². The fourth-order valence-electron chi connectivity index (χ4n) is 4.50. The van der Waals surface area contributed by atoms with Crippen molar-refractivity contribution in [3.05, 3.63) is 70.8 Å². The first-order valence-electron chi connectivity index (χ1n) is 13.9. The second-order valence-electron chi connectivity index (χ2n) is 11.0. The summed E-state index contributed by atoms with van der Waals surface area (Å²) in [5.74, 6) is -5.58. The predicted octanol–water partition coefficient (Wildman–Crippen LogP) is 3.87. The first-order valence-corrected chi connectivity index (χ1v) is 13.9. The third-order valence-corrected chi connectivity index (χ3v) is 6.75. The van der Waals surface area contributed by atoms with Crippen LogP contribution in [0.2, 0.25) is 0 Å². The Morgan fingerprint density at radius 1 is 0.929 bits per heavy atom. The van der Waals surface area contributed by atoms with Crippen LogP contribution in [0.4, 0.5) is 0 Å². The smallest absolute Gasteiger partial charge is 0.338 e. The minimum atomic E-state index is -1.65. The Hall–Kier alpha value is -3.80. The second-order valence-corrected chi connectivity index (χ2v) is 11.0. The number of nitrogens with one attached hydrogen (secondary N) is 1. The van der Waals surface area contributed by atoms with E-state index in [1.54, 1.807) is 24.3 Å². The first kappa shape index (κ1) is 32.7. The Morgan fingerprint density at radius 3 is 2.12 bits per heavy atom. The average molecular weight is 586 g/mol. The number of benzene rings is 2. The Kier molecular flexibility index (Phi) is 12.0. The molecule has 1 aliphatic heterocycles. The topological polar surface area (TPSA) is 161 Å². The van der Waals surface area contributed by atoms with Crippen LogP contribution in [0.25, 0.3) is 0 Å². The number of carboxylic acids is 2. The lowest BCUT2D eigenvalue weighted by molar-refractivity contribution is -0.175. The fraction of sp³-hybridized carbons (Fsp3) is 0.484. The zero-order valence-electron chi connectivity index (χ0n) is 24.3. The van der Waals surface area contributed by atoms with Gasteiger partial charge in [-0.3, -0.25) is 14.9 Å². The Morgan fingerprint density at radius 2 is 1.55 bits per heavy atom. The molecule has 1 fully saturated rings. The maximum atomic E-state index is 13.2. The van der Waals surface area contributed by atoms with E-state index in [9.17, 15) is 29.4 Å². The van der Waals surface area contributed by atoms with Crippen molar-refractivity contribution in [2.75, 3.05) is 19.9 Å². The van der Waals surface area contributed by atoms with Crippen molar-refractivity contribution in [3.8, 4) is 0 Å². The van der Waals surface area contributed by atoms with Gasteiger partial charge in [0.1, 0.15) is 25.4 Å². The van der Waals surface area contributed by atoms with Crippen LogP contribution in [0.5, 0.6) is 0 Å². The number of epoxide rings is 1. The lowest BCUT2D eigenvalue weighted by atomic mass is 9.94. The maximum Gasteiger partial charge on any atom is 0.338 e. The monoisotopic (exact) mass is 585 g/mol. The third-order valence-electron chi connectivity index (χ3n) is 6.75. The molecule has 228 valence electrons. The summed E-state index contributed by atoms with van der Waals surface area (Å²) in [4.78, 5) is 49.2. The van der Waals surface area contributed by atoms with Crippen LogP contribution in [-0.2, 0) is 33.3 Å². The van der Waals surface area contributed by atoms with E-state index in [1.807, 2.05) is 52.0 Å². The molecule has 2 aromatic carbocycles. The van der Waals surface area contributed by atoms with Gasteiger partial charge in [-0.05, 0) is 49.8 Å². The van der Waals surface area contributed by atoms with Gasteiger partial charge in [0, 0.05) is 13.0 Å². The number of carbonyl (C=O) groups excluding carboxylic acids is 2. The van der Waals surface area contributed by atoms with E-state index >= 15 is 0 Å². The molecule has 11 nitrogen and oxygen atoms in total. The predicted molar refractivity (Wildman–Crippen MR) is 150 cm³/mol. The van der Waals surface area contributed by atoms with Crippen LogP contribution >= 0.6 is 0 Å². The van der Waals surface area contributed by atoms with E-state index in [1.165, 1.54) is 0 Å². The molecule has 3 unspecified atom stereocenters. The first-order chi connectivity index (χ1) is 19.9. The lowest BCUT2D eigenvalue weighted by Crippen LogP contribution is -2.43. The molecule has 3 rings (SSSR count). The number of ether oxygens (including phenoxy) is 4. The molecule has 0 bridgehead atoms. The number of rotatable bonds is 17. The summed E-state index contributed by atoms with van der Waals surface area (Å²) >= 11 is 0. The van der Waals surface area contributed by atoms with E-state index in [0.29, 0.717) is 6.42 Å². The molecule has 2 aromatic rings. The number of carboxylic acid groups (broad SMARTS) is 2. The molecule has 0 aromatic heterocycles. The van der Waals surface area contributed by atoms with Gasteiger partial charge < -0.3 is 29.2 Å². The van der Waals surface area contributed by atoms with E-state index in [-0.39, 0.29) is 37.1 Å². The Balaban J connectivity index is 1.67. The fourth-order valence-corrected chi connectivity index (χ4v) is 4.50. The summed E-state index contributed by atoms with van der Waals surface area (Å²) in [7, 11) is 0. The van der Waals surface area contributed by atoms with Crippen molar-refractivity contribution < 1.29 is 48.3 Å². The van der Waals surface area contributed by atoms with Gasteiger partial charge >= 0.3 is 23.9 Å². The quantitative estimate of drug-likeness (QED) is 0.107. The molecular weight excluding hydrogens is 546 g/mol. The van der Waals surface area contributed by atoms with E-state index < -0.39 is 54.9 Å². The number of aryl methyl sites for hydroxylation is 2. The highest BCUT2D eigenvalue weighted by atomic mass is 16.8. The molecule has 0 aliphatic carbocycles. The molecule has 5 atom stereocenters. The molecule has 1 saturated heterocycles. The van der Waals surface area contributed by atoms with Crippen molar-refractivity contribution >= 4 is 23.9 Å². The van der Waals surface area contributed by atoms with Gasteiger partial charge in [-0.15, -0.1) is 0 Å². The molecule has 3 N–H and O–H groups in total. The summed E-state index contributed by atoms with van der Waals surface area (Å²) < 4.78 is 22.0. The van der Waals surface area contributed by atoms with Gasteiger partial charge in [0.05, 0.1) is 5.56 Å². The molecular formula is C31H39NO10. The lowest BCUT2D eigenvalue weighted by Gasteiger charge is -2.23. The molecule has 0 radical (unpaired) electrons. The van der Waals surface area contributed by atoms with Crippen LogP contribution in [-0.4, -0.2) is 66.4 Å². The molecule has 0 amide bonds. The molecule has 1 aliphatic rings. The van der Waals surface area contributed by atoms with Crippen LogP contribution in [0.3, 0.4) is 0 Å². The van der Waals surface area contributed by atoms with Crippen molar-refractivity contribution in [1.82, 2.24) is 5.32 Å². The summed E-state index contributed by atoms with van der Waals surface area (Å²) in [5.41, 5.74) is 3.01. The normalized spacial score (nSPS) is 18.1. The van der Waals surface area contributed by atoms with Crippen molar-refractivity contribution in [2.24, 2.45) is 17.8 Å². The Labute approximate surface area is 245 Å². The number of hydrogen-bond donors (Lipinski definition) is 3. The summed E-state index contributed by atoms with van der Waals surface area (Å²) in [5, 5.41) is 22.1. The van der Waals surface area contributed by atoms with Gasteiger partial charge in [-0.25, -0.2) is 9.59 Å². The molecule has 42 heavy (non-hydrogen) atoms. The van der Waals surface area contributed by atoms with Gasteiger partial charge in [-0.2, -0.15) is 0 Å². The highest BCUT2D eigenvalue weighted by molar-refractivity contribution is 5.90. The largest absolute Gasteiger partial charge is 0.481 e. The zero-order valence-corrected chi connectivity index (χ0v) is 24.3. The van der Waals surface area contributed by atoms with Crippen LogP contribution in [0.15, 0.2) is 48.5 Å². The summed E-state index contributed by atoms with van der Waals surface area (Å²) in [6, 6.07) is 14.1. The second kappa shape index (κ2) is 15.4. The van der Waals surface area contributed by atoms with Gasteiger partial charge in [0.15, 0.2) is 12.4 Å². The number of esters is 2. The number of hydrogen-bond acceptors (Lipinski definition) is 9. The van der Waals surface area contributed by atoms with E-state index in [0.717, 1.165) is 16.7 Å². The van der Waals surface area contributed by atoms with E-state index in [4.69, 9.17) is 18.9 Å². The summed E-state index contributed by atoms with van der Waals surface area (Å²) in [6.45, 7) is 7.10. The molecule has 11 heteroatoms. The average Bonchev–Trinajstić information content (AvgIpc) is 3.69. The third kappa shape index (κ3) is 10.2.